The standard InChI is InChI=1S/C28H16BrClN2O4/c29-19-8-4-17(5-9-19)26(34)31-21-12-13-23-24(15-21)28(36)32(27(23)35)22-3-1-2-18(14-22)25(33)16-6-10-20(30)11-7-16/h1-15H,(H,31,34). The minimum absolute atomic E-state index is 0.169. The van der Waals surface area contributed by atoms with Gasteiger partial charge in [-0.2, -0.15) is 0 Å². The number of rotatable bonds is 5. The van der Waals surface area contributed by atoms with Gasteiger partial charge in [0.2, 0.25) is 0 Å². The average molecular weight is 560 g/mol. The number of nitrogens with zero attached hydrogens (tertiary/aromatic N) is 1. The van der Waals surface area contributed by atoms with E-state index >= 15 is 0 Å². The number of halogens is 2. The molecule has 4 aromatic carbocycles. The van der Waals surface area contributed by atoms with Crippen LogP contribution in [0.25, 0.3) is 0 Å². The number of benzene rings is 4. The molecule has 1 N–H and O–H groups in total. The van der Waals surface area contributed by atoms with E-state index in [0.29, 0.717) is 27.4 Å². The largest absolute Gasteiger partial charge is 0.322 e. The van der Waals surface area contributed by atoms with E-state index in [-0.39, 0.29) is 28.5 Å². The van der Waals surface area contributed by atoms with E-state index in [2.05, 4.69) is 21.2 Å². The van der Waals surface area contributed by atoms with Crippen LogP contribution in [0.4, 0.5) is 11.4 Å². The van der Waals surface area contributed by atoms with Gasteiger partial charge in [0.1, 0.15) is 0 Å². The average Bonchev–Trinajstić information content (AvgIpc) is 3.13. The molecule has 1 heterocycles. The molecule has 176 valence electrons. The Morgan fingerprint density at radius 2 is 1.39 bits per heavy atom. The summed E-state index contributed by atoms with van der Waals surface area (Å²) in [5.74, 6) is -1.64. The summed E-state index contributed by atoms with van der Waals surface area (Å²) in [5.41, 5.74) is 2.26. The normalized spacial score (nSPS) is 12.4. The monoisotopic (exact) mass is 558 g/mol. The molecule has 4 aromatic rings. The Morgan fingerprint density at radius 1 is 0.722 bits per heavy atom. The number of anilines is 2. The summed E-state index contributed by atoms with van der Waals surface area (Å²) in [5, 5.41) is 3.27. The fraction of sp³-hybridized carbons (Fsp3) is 0. The van der Waals surface area contributed by atoms with Gasteiger partial charge in [-0.25, -0.2) is 4.90 Å². The molecule has 5 rings (SSSR count). The van der Waals surface area contributed by atoms with E-state index in [1.54, 1.807) is 72.8 Å². The Labute approximate surface area is 219 Å². The zero-order valence-corrected chi connectivity index (χ0v) is 20.8. The van der Waals surface area contributed by atoms with Gasteiger partial charge in [-0.05, 0) is 78.9 Å². The predicted molar refractivity (Wildman–Crippen MR) is 141 cm³/mol. The van der Waals surface area contributed by atoms with Crippen molar-refractivity contribution in [1.82, 2.24) is 0 Å². The number of nitrogens with one attached hydrogen (secondary N) is 1. The second-order valence-electron chi connectivity index (χ2n) is 8.05. The van der Waals surface area contributed by atoms with Gasteiger partial charge < -0.3 is 5.32 Å². The van der Waals surface area contributed by atoms with Crippen molar-refractivity contribution in [2.24, 2.45) is 0 Å². The maximum Gasteiger partial charge on any atom is 0.266 e. The van der Waals surface area contributed by atoms with Crippen LogP contribution in [0.15, 0.2) is 95.5 Å². The van der Waals surface area contributed by atoms with Crippen LogP contribution in [0.1, 0.15) is 47.0 Å². The van der Waals surface area contributed by atoms with Crippen LogP contribution in [-0.4, -0.2) is 23.5 Å². The first-order valence-corrected chi connectivity index (χ1v) is 12.0. The number of ketones is 1. The maximum absolute atomic E-state index is 13.2. The van der Waals surface area contributed by atoms with Gasteiger partial charge in [-0.15, -0.1) is 0 Å². The highest BCUT2D eigenvalue weighted by Gasteiger charge is 2.37. The van der Waals surface area contributed by atoms with Crippen molar-refractivity contribution in [3.63, 3.8) is 0 Å². The third-order valence-electron chi connectivity index (χ3n) is 5.72. The predicted octanol–water partition coefficient (Wildman–Crippen LogP) is 6.39. The summed E-state index contributed by atoms with van der Waals surface area (Å²) in [6.45, 7) is 0. The zero-order valence-electron chi connectivity index (χ0n) is 18.5. The minimum atomic E-state index is -0.536. The molecule has 0 spiro atoms. The number of hydrogen-bond donors (Lipinski definition) is 1. The zero-order chi connectivity index (χ0) is 25.4. The molecule has 0 aliphatic carbocycles. The van der Waals surface area contributed by atoms with Crippen molar-refractivity contribution < 1.29 is 19.2 Å². The van der Waals surface area contributed by atoms with Crippen LogP contribution in [-0.2, 0) is 0 Å². The van der Waals surface area contributed by atoms with E-state index in [9.17, 15) is 19.2 Å². The summed E-state index contributed by atoms with van der Waals surface area (Å²) in [6, 6.07) is 24.2. The lowest BCUT2D eigenvalue weighted by Crippen LogP contribution is -2.29. The molecule has 0 unspecified atom stereocenters. The summed E-state index contributed by atoms with van der Waals surface area (Å²) < 4.78 is 0.847. The van der Waals surface area contributed by atoms with E-state index in [1.165, 1.54) is 18.2 Å². The van der Waals surface area contributed by atoms with Gasteiger partial charge in [-0.1, -0.05) is 39.7 Å². The van der Waals surface area contributed by atoms with Crippen molar-refractivity contribution in [3.8, 4) is 0 Å². The number of amides is 3. The Balaban J connectivity index is 1.40. The van der Waals surface area contributed by atoms with Gasteiger partial charge in [-0.3, -0.25) is 19.2 Å². The molecule has 36 heavy (non-hydrogen) atoms. The first kappa shape index (κ1) is 23.7. The SMILES string of the molecule is O=C(Nc1ccc2c(c1)C(=O)N(c1cccc(C(=O)c3ccc(Cl)cc3)c1)C2=O)c1ccc(Br)cc1. The minimum Gasteiger partial charge on any atom is -0.322 e. The Bertz CT molecular complexity index is 1550. The van der Waals surface area contributed by atoms with Gasteiger partial charge in [0.15, 0.2) is 5.78 Å². The summed E-state index contributed by atoms with van der Waals surface area (Å²) in [4.78, 5) is 52.8. The molecular weight excluding hydrogens is 544 g/mol. The second-order valence-corrected chi connectivity index (χ2v) is 9.41. The van der Waals surface area contributed by atoms with Crippen molar-refractivity contribution in [3.05, 3.63) is 128 Å². The number of hydrogen-bond acceptors (Lipinski definition) is 4. The molecule has 0 saturated heterocycles. The lowest BCUT2D eigenvalue weighted by Gasteiger charge is -2.15. The number of carbonyl (C=O) groups is 4. The molecule has 6 nitrogen and oxygen atoms in total. The van der Waals surface area contributed by atoms with Crippen LogP contribution >= 0.6 is 27.5 Å². The van der Waals surface area contributed by atoms with Crippen LogP contribution in [0, 0.1) is 0 Å². The summed E-state index contributed by atoms with van der Waals surface area (Å²) in [7, 11) is 0. The highest BCUT2D eigenvalue weighted by Crippen LogP contribution is 2.31. The topological polar surface area (TPSA) is 83.6 Å². The molecule has 0 aromatic heterocycles. The van der Waals surface area contributed by atoms with E-state index in [1.807, 2.05) is 0 Å². The van der Waals surface area contributed by atoms with Gasteiger partial charge in [0, 0.05) is 31.9 Å². The van der Waals surface area contributed by atoms with Gasteiger partial charge in [0.25, 0.3) is 17.7 Å². The van der Waals surface area contributed by atoms with Crippen molar-refractivity contribution in [1.29, 1.82) is 0 Å². The van der Waals surface area contributed by atoms with Crippen molar-refractivity contribution in [2.45, 2.75) is 0 Å². The molecule has 8 heteroatoms. The fourth-order valence-corrected chi connectivity index (χ4v) is 4.30. The van der Waals surface area contributed by atoms with E-state index in [0.717, 1.165) is 9.37 Å². The van der Waals surface area contributed by atoms with Crippen molar-refractivity contribution in [2.75, 3.05) is 10.2 Å². The third-order valence-corrected chi connectivity index (χ3v) is 6.50. The molecule has 3 amide bonds. The quantitative estimate of drug-likeness (QED) is 0.227. The lowest BCUT2D eigenvalue weighted by molar-refractivity contribution is 0.0923. The van der Waals surface area contributed by atoms with Crippen LogP contribution < -0.4 is 10.2 Å². The highest BCUT2D eigenvalue weighted by atomic mass is 79.9. The smallest absolute Gasteiger partial charge is 0.266 e. The summed E-state index contributed by atoms with van der Waals surface area (Å²) in [6.07, 6.45) is 0. The van der Waals surface area contributed by atoms with Crippen molar-refractivity contribution >= 4 is 62.4 Å². The van der Waals surface area contributed by atoms with Crippen LogP contribution in [0.2, 0.25) is 5.02 Å². The van der Waals surface area contributed by atoms with E-state index < -0.39 is 11.8 Å². The Kier molecular flexibility index (Phi) is 6.26. The number of imide groups is 1. The molecule has 0 atom stereocenters. The molecule has 0 saturated carbocycles. The first-order chi connectivity index (χ1) is 17.3. The summed E-state index contributed by atoms with van der Waals surface area (Å²) >= 11 is 9.24. The molecular formula is C28H16BrClN2O4. The second kappa shape index (κ2) is 9.53. The van der Waals surface area contributed by atoms with Gasteiger partial charge in [0.05, 0.1) is 16.8 Å². The van der Waals surface area contributed by atoms with E-state index in [4.69, 9.17) is 11.6 Å². The molecule has 1 aliphatic rings. The molecule has 0 fully saturated rings. The first-order valence-electron chi connectivity index (χ1n) is 10.8. The van der Waals surface area contributed by atoms with Gasteiger partial charge >= 0.3 is 0 Å². The molecule has 1 aliphatic heterocycles. The van der Waals surface area contributed by atoms with Crippen LogP contribution in [0.3, 0.4) is 0 Å². The Morgan fingerprint density at radius 3 is 2.11 bits per heavy atom. The molecule has 0 bridgehead atoms. The number of carbonyl (C=O) groups excluding carboxylic acids is 4. The molecule has 0 radical (unpaired) electrons. The lowest BCUT2D eigenvalue weighted by atomic mass is 10.0. The third kappa shape index (κ3) is 4.46. The van der Waals surface area contributed by atoms with Crippen LogP contribution in [0.5, 0.6) is 0 Å². The number of fused-ring (bicyclic) bond motifs is 1. The maximum atomic E-state index is 13.2. The fourth-order valence-electron chi connectivity index (χ4n) is 3.91. The Hall–Kier alpha value is -4.07. The highest BCUT2D eigenvalue weighted by molar-refractivity contribution is 9.10.